The number of nitrogens with zero attached hydrogens (tertiary/aromatic N) is 3. The average Bonchev–Trinajstić information content (AvgIpc) is 3.01. The summed E-state index contributed by atoms with van der Waals surface area (Å²) in [7, 11) is -5.16. The third-order valence-corrected chi connectivity index (χ3v) is 3.89. The van der Waals surface area contributed by atoms with Gasteiger partial charge in [-0.3, -0.25) is 13.9 Å². The van der Waals surface area contributed by atoms with Gasteiger partial charge >= 0.3 is 29.6 Å². The average molecular weight is 370 g/mol. The number of phosphoric acid groups is 1. The van der Waals surface area contributed by atoms with Crippen LogP contribution in [0.4, 0.5) is 0 Å². The van der Waals surface area contributed by atoms with Crippen molar-refractivity contribution in [3.8, 4) is 0 Å². The Morgan fingerprint density at radius 3 is 2.83 bits per heavy atom. The zero-order valence-corrected chi connectivity index (χ0v) is 15.2. The van der Waals surface area contributed by atoms with Crippen molar-refractivity contribution in [2.45, 2.75) is 24.5 Å². The van der Waals surface area contributed by atoms with E-state index in [1.165, 1.54) is 10.9 Å². The minimum Gasteiger partial charge on any atom is -0.756 e. The van der Waals surface area contributed by atoms with Crippen LogP contribution in [-0.2, 0) is 13.8 Å². The number of ether oxygens (including phenoxy) is 1. The van der Waals surface area contributed by atoms with Gasteiger partial charge in [0.05, 0.1) is 19.3 Å². The molecule has 0 aliphatic carbocycles. The Bertz CT molecular complexity index is 821. The number of aromatic nitrogens is 4. The summed E-state index contributed by atoms with van der Waals surface area (Å²) in [6.45, 7) is -0.668. The molecule has 24 heavy (non-hydrogen) atoms. The standard InChI is InChI=1S/C10H13N4O8P.Na/c15-1-4-7(22-23(18,19)20)6(16)10(21-4)14-3-13-5-8(14)11-2-12-9(5)17;/h2-4,6-7,10,15-16H,1H2,(H,11,12,17)(H2,18,19,20);/q;+1/p-1. The van der Waals surface area contributed by atoms with Crippen molar-refractivity contribution in [3.63, 3.8) is 0 Å². The summed E-state index contributed by atoms with van der Waals surface area (Å²) in [5.74, 6) is 0. The smallest absolute Gasteiger partial charge is 0.756 e. The van der Waals surface area contributed by atoms with Crippen molar-refractivity contribution in [3.05, 3.63) is 23.0 Å². The second-order valence-electron chi connectivity index (χ2n) is 4.83. The molecular formula is C10H12N4NaO8P. The van der Waals surface area contributed by atoms with E-state index in [-0.39, 0.29) is 40.7 Å². The normalized spacial score (nSPS) is 29.3. The van der Waals surface area contributed by atoms with E-state index < -0.39 is 44.5 Å². The van der Waals surface area contributed by atoms with Crippen molar-refractivity contribution >= 4 is 19.0 Å². The van der Waals surface area contributed by atoms with Gasteiger partial charge in [-0.1, -0.05) is 0 Å². The molecule has 0 saturated carbocycles. The fourth-order valence-corrected chi connectivity index (χ4v) is 3.00. The molecule has 1 saturated heterocycles. The first-order valence-electron chi connectivity index (χ1n) is 6.38. The first-order chi connectivity index (χ1) is 10.8. The number of aromatic amines is 1. The molecule has 4 N–H and O–H groups in total. The van der Waals surface area contributed by atoms with E-state index in [2.05, 4.69) is 19.5 Å². The van der Waals surface area contributed by atoms with E-state index in [1.54, 1.807) is 0 Å². The molecule has 14 heteroatoms. The van der Waals surface area contributed by atoms with Crippen molar-refractivity contribution in [2.75, 3.05) is 6.61 Å². The quantitative estimate of drug-likeness (QED) is 0.299. The summed E-state index contributed by atoms with van der Waals surface area (Å²) in [4.78, 5) is 41.4. The van der Waals surface area contributed by atoms with Crippen molar-refractivity contribution in [1.29, 1.82) is 0 Å². The molecule has 3 rings (SSSR count). The molecule has 3 heterocycles. The van der Waals surface area contributed by atoms with E-state index >= 15 is 0 Å². The van der Waals surface area contributed by atoms with Crippen molar-refractivity contribution in [2.24, 2.45) is 0 Å². The Morgan fingerprint density at radius 1 is 1.50 bits per heavy atom. The number of aliphatic hydroxyl groups excluding tert-OH is 2. The van der Waals surface area contributed by atoms with Crippen LogP contribution in [0.15, 0.2) is 17.4 Å². The van der Waals surface area contributed by atoms with Gasteiger partial charge in [0.1, 0.15) is 18.3 Å². The molecular weight excluding hydrogens is 358 g/mol. The number of aliphatic hydroxyl groups is 2. The van der Waals surface area contributed by atoms with Crippen LogP contribution in [-0.4, -0.2) is 59.5 Å². The van der Waals surface area contributed by atoms with Crippen molar-refractivity contribution in [1.82, 2.24) is 19.5 Å². The second-order valence-corrected chi connectivity index (χ2v) is 5.98. The van der Waals surface area contributed by atoms with Gasteiger partial charge in [-0.15, -0.1) is 0 Å². The molecule has 5 atom stereocenters. The molecule has 0 aromatic carbocycles. The zero-order chi connectivity index (χ0) is 16.8. The summed E-state index contributed by atoms with van der Waals surface area (Å²) in [6.07, 6.45) is -3.24. The summed E-state index contributed by atoms with van der Waals surface area (Å²) < 4.78 is 21.8. The fraction of sp³-hybridized carbons (Fsp3) is 0.500. The molecule has 126 valence electrons. The topological polar surface area (TPSA) is 183 Å². The number of fused-ring (bicyclic) bond motifs is 1. The minimum atomic E-state index is -5.16. The van der Waals surface area contributed by atoms with E-state index in [9.17, 15) is 24.5 Å². The summed E-state index contributed by atoms with van der Waals surface area (Å²) in [6, 6.07) is 0. The van der Waals surface area contributed by atoms with Gasteiger partial charge in [0.15, 0.2) is 17.4 Å². The van der Waals surface area contributed by atoms with E-state index in [4.69, 9.17) is 9.63 Å². The number of hydrogen-bond donors (Lipinski definition) is 4. The Morgan fingerprint density at radius 2 is 2.21 bits per heavy atom. The van der Waals surface area contributed by atoms with Gasteiger partial charge in [-0.2, -0.15) is 0 Å². The first-order valence-corrected chi connectivity index (χ1v) is 7.88. The molecule has 1 aliphatic rings. The largest absolute Gasteiger partial charge is 1.00 e. The molecule has 2 aromatic rings. The summed E-state index contributed by atoms with van der Waals surface area (Å²) in [5, 5.41) is 19.5. The van der Waals surface area contributed by atoms with Crippen LogP contribution in [0.25, 0.3) is 11.2 Å². The summed E-state index contributed by atoms with van der Waals surface area (Å²) >= 11 is 0. The number of imidazole rings is 1. The van der Waals surface area contributed by atoms with Crippen LogP contribution in [0.2, 0.25) is 0 Å². The van der Waals surface area contributed by atoms with Crippen molar-refractivity contribution < 1.29 is 63.4 Å². The third-order valence-electron chi connectivity index (χ3n) is 3.38. The van der Waals surface area contributed by atoms with E-state index in [0.29, 0.717) is 0 Å². The predicted molar refractivity (Wildman–Crippen MR) is 69.8 cm³/mol. The van der Waals surface area contributed by atoms with Gasteiger partial charge < -0.3 is 34.2 Å². The molecule has 0 spiro atoms. The molecule has 1 aliphatic heterocycles. The minimum absolute atomic E-state index is 0. The van der Waals surface area contributed by atoms with Gasteiger partial charge in [-0.25, -0.2) is 9.97 Å². The molecule has 2 aromatic heterocycles. The second kappa shape index (κ2) is 7.30. The van der Waals surface area contributed by atoms with Crippen LogP contribution in [0.1, 0.15) is 6.23 Å². The number of H-pyrrole nitrogens is 1. The molecule has 1 fully saturated rings. The number of nitrogens with one attached hydrogen (secondary N) is 1. The number of rotatable bonds is 4. The van der Waals surface area contributed by atoms with Gasteiger partial charge in [0, 0.05) is 0 Å². The summed E-state index contributed by atoms with van der Waals surface area (Å²) in [5.41, 5.74) is -0.429. The predicted octanol–water partition coefficient (Wildman–Crippen LogP) is -5.78. The monoisotopic (exact) mass is 370 g/mol. The molecule has 0 radical (unpaired) electrons. The molecule has 0 bridgehead atoms. The van der Waals surface area contributed by atoms with Crippen LogP contribution >= 0.6 is 7.82 Å². The fourth-order valence-electron chi connectivity index (χ4n) is 2.43. The van der Waals surface area contributed by atoms with Gasteiger partial charge in [-0.05, 0) is 0 Å². The van der Waals surface area contributed by atoms with E-state index in [0.717, 1.165) is 6.33 Å². The maximum absolute atomic E-state index is 11.6. The molecule has 12 nitrogen and oxygen atoms in total. The van der Waals surface area contributed by atoms with Crippen LogP contribution in [0, 0.1) is 0 Å². The Labute approximate surface area is 156 Å². The third kappa shape index (κ3) is 3.63. The van der Waals surface area contributed by atoms with Gasteiger partial charge in [0.25, 0.3) is 13.4 Å². The Kier molecular flexibility index (Phi) is 5.98. The SMILES string of the molecule is O=c1[nH]cnc2c1ncn2C1OC(CO)C(OP(=O)([O-])O)C1O.[Na+]. The molecule has 5 unspecified atom stereocenters. The van der Waals surface area contributed by atoms with Crippen LogP contribution in [0.5, 0.6) is 0 Å². The maximum Gasteiger partial charge on any atom is 1.00 e. The zero-order valence-electron chi connectivity index (χ0n) is 12.3. The Hall–Kier alpha value is -0.660. The number of phosphoric ester groups is 1. The number of hydrogen-bond acceptors (Lipinski definition) is 9. The maximum atomic E-state index is 11.6. The van der Waals surface area contributed by atoms with E-state index in [1.807, 2.05) is 0 Å². The van der Waals surface area contributed by atoms with Crippen LogP contribution in [0.3, 0.4) is 0 Å². The first kappa shape index (κ1) is 19.7. The van der Waals surface area contributed by atoms with Crippen LogP contribution < -0.4 is 40.0 Å². The molecule has 0 amide bonds. The Balaban J connectivity index is 0.00000208. The van der Waals surface area contributed by atoms with Gasteiger partial charge in [0.2, 0.25) is 0 Å².